The van der Waals surface area contributed by atoms with Gasteiger partial charge < -0.3 is 14.5 Å². The molecule has 0 saturated heterocycles. The number of aromatic amines is 1. The monoisotopic (exact) mass is 478 g/mol. The molecule has 0 aliphatic rings. The molecule has 0 amide bonds. The Morgan fingerprint density at radius 2 is 1.97 bits per heavy atom. The minimum Gasteiger partial charge on any atom is -0.491 e. The molecule has 11 heteroatoms. The van der Waals surface area contributed by atoms with E-state index in [2.05, 4.69) is 15.0 Å². The SMILES string of the molecule is CCC(C)OCCOc1ccnc(CS(=O)c2nc3ccc(C(F)(F)F)cc3[nH]2)c1C.[Na]. The number of nitrogens with one attached hydrogen (secondary N) is 1. The number of halogens is 3. The molecule has 0 fully saturated rings. The second-order valence-electron chi connectivity index (χ2n) is 7.08. The average Bonchev–Trinajstić information content (AvgIpc) is 3.16. The number of benzene rings is 1. The van der Waals surface area contributed by atoms with Gasteiger partial charge in [0, 0.05) is 41.3 Å². The number of hydrogen-bond donors (Lipinski definition) is 1. The maximum Gasteiger partial charge on any atom is 0.416 e. The Morgan fingerprint density at radius 1 is 1.22 bits per heavy atom. The van der Waals surface area contributed by atoms with Crippen molar-refractivity contribution in [2.24, 2.45) is 0 Å². The fraction of sp³-hybridized carbons (Fsp3) is 0.429. The molecular weight excluding hydrogens is 454 g/mol. The topological polar surface area (TPSA) is 77.1 Å². The van der Waals surface area contributed by atoms with Gasteiger partial charge in [0.1, 0.15) is 12.4 Å². The number of pyridine rings is 1. The summed E-state index contributed by atoms with van der Waals surface area (Å²) in [6, 6.07) is 4.90. The van der Waals surface area contributed by atoms with Gasteiger partial charge in [-0.3, -0.25) is 9.19 Å². The summed E-state index contributed by atoms with van der Waals surface area (Å²) in [7, 11) is -1.62. The first kappa shape index (κ1) is 26.8. The first-order valence-corrected chi connectivity index (χ1v) is 11.1. The van der Waals surface area contributed by atoms with Crippen LogP contribution in [0.1, 0.15) is 37.1 Å². The number of ether oxygens (including phenoxy) is 2. The van der Waals surface area contributed by atoms with Crippen molar-refractivity contribution in [2.75, 3.05) is 13.2 Å². The summed E-state index contributed by atoms with van der Waals surface area (Å²) in [4.78, 5) is 11.2. The Balaban J connectivity index is 0.00000363. The van der Waals surface area contributed by atoms with Crippen LogP contribution in [0.25, 0.3) is 11.0 Å². The van der Waals surface area contributed by atoms with E-state index in [-0.39, 0.29) is 52.1 Å². The Kier molecular flexibility index (Phi) is 9.71. The molecule has 1 N–H and O–H groups in total. The average molecular weight is 478 g/mol. The zero-order valence-electron chi connectivity index (χ0n) is 18.5. The molecular formula is C21H24F3N3NaO3S. The van der Waals surface area contributed by atoms with Crippen molar-refractivity contribution in [3.05, 3.63) is 47.3 Å². The molecule has 3 aromatic rings. The Morgan fingerprint density at radius 3 is 2.66 bits per heavy atom. The minimum absolute atomic E-state index is 0. The fourth-order valence-electron chi connectivity index (χ4n) is 2.84. The van der Waals surface area contributed by atoms with Gasteiger partial charge in [-0.1, -0.05) is 6.92 Å². The fourth-order valence-corrected chi connectivity index (χ4v) is 3.94. The molecule has 0 spiro atoms. The van der Waals surface area contributed by atoms with Crippen molar-refractivity contribution in [1.82, 2.24) is 15.0 Å². The summed E-state index contributed by atoms with van der Waals surface area (Å²) in [5, 5.41) is 0.101. The Hall–Kier alpha value is -1.46. The summed E-state index contributed by atoms with van der Waals surface area (Å²) in [5.41, 5.74) is 1.02. The second-order valence-corrected chi connectivity index (χ2v) is 8.45. The van der Waals surface area contributed by atoms with E-state index < -0.39 is 22.5 Å². The summed E-state index contributed by atoms with van der Waals surface area (Å²) in [6.45, 7) is 6.69. The largest absolute Gasteiger partial charge is 0.491 e. The van der Waals surface area contributed by atoms with E-state index in [1.54, 1.807) is 12.3 Å². The maximum absolute atomic E-state index is 12.9. The van der Waals surface area contributed by atoms with Crippen LogP contribution in [0.15, 0.2) is 35.6 Å². The molecule has 0 aliphatic heterocycles. The number of alkyl halides is 3. The molecule has 1 radical (unpaired) electrons. The van der Waals surface area contributed by atoms with E-state index in [9.17, 15) is 17.4 Å². The van der Waals surface area contributed by atoms with Crippen molar-refractivity contribution in [2.45, 2.75) is 50.4 Å². The minimum atomic E-state index is -4.46. The first-order chi connectivity index (χ1) is 14.7. The predicted molar refractivity (Wildman–Crippen MR) is 117 cm³/mol. The summed E-state index contributed by atoms with van der Waals surface area (Å²) in [5.74, 6) is 0.674. The van der Waals surface area contributed by atoms with Crippen LogP contribution < -0.4 is 4.74 Å². The van der Waals surface area contributed by atoms with Crippen molar-refractivity contribution in [3.63, 3.8) is 0 Å². The molecule has 0 saturated carbocycles. The first-order valence-electron chi connectivity index (χ1n) is 9.83. The van der Waals surface area contributed by atoms with Crippen LogP contribution in [-0.2, 0) is 27.5 Å². The summed E-state index contributed by atoms with van der Waals surface area (Å²) < 4.78 is 62.8. The van der Waals surface area contributed by atoms with Gasteiger partial charge in [0.05, 0.1) is 51.6 Å². The van der Waals surface area contributed by atoms with Crippen LogP contribution in [0.3, 0.4) is 0 Å². The van der Waals surface area contributed by atoms with Gasteiger partial charge in [0.15, 0.2) is 5.16 Å². The third kappa shape index (κ3) is 6.77. The number of rotatable bonds is 9. The van der Waals surface area contributed by atoms with E-state index in [1.165, 1.54) is 6.07 Å². The van der Waals surface area contributed by atoms with Gasteiger partial charge >= 0.3 is 6.18 Å². The standard InChI is InChI=1S/C21H24F3N3O3S.Na/c1-4-13(2)29-9-10-30-19-7-8-25-18(14(19)3)12-31(28)20-26-16-6-5-15(21(22,23)24)11-17(16)27-20;/h5-8,11,13H,4,9-10,12H2,1-3H3,(H,26,27);. The molecule has 169 valence electrons. The summed E-state index contributed by atoms with van der Waals surface area (Å²) in [6.07, 6.45) is -1.81. The van der Waals surface area contributed by atoms with E-state index in [1.807, 2.05) is 20.8 Å². The van der Waals surface area contributed by atoms with Gasteiger partial charge in [-0.2, -0.15) is 13.2 Å². The zero-order valence-corrected chi connectivity index (χ0v) is 21.3. The molecule has 2 aromatic heterocycles. The van der Waals surface area contributed by atoms with Crippen molar-refractivity contribution in [3.8, 4) is 5.75 Å². The van der Waals surface area contributed by atoms with Gasteiger partial charge in [-0.25, -0.2) is 4.98 Å². The summed E-state index contributed by atoms with van der Waals surface area (Å²) >= 11 is 0. The molecule has 0 bridgehead atoms. The van der Waals surface area contributed by atoms with E-state index in [0.29, 0.717) is 30.2 Å². The molecule has 2 heterocycles. The molecule has 32 heavy (non-hydrogen) atoms. The third-order valence-corrected chi connectivity index (χ3v) is 6.01. The van der Waals surface area contributed by atoms with Crippen molar-refractivity contribution in [1.29, 1.82) is 0 Å². The number of H-pyrrole nitrogens is 1. The number of hydrogen-bond acceptors (Lipinski definition) is 5. The van der Waals surface area contributed by atoms with Crippen LogP contribution >= 0.6 is 0 Å². The van der Waals surface area contributed by atoms with Crippen LogP contribution in [0.2, 0.25) is 0 Å². The molecule has 2 atom stereocenters. The molecule has 1 aromatic carbocycles. The third-order valence-electron chi connectivity index (χ3n) is 4.85. The molecule has 2 unspecified atom stereocenters. The number of aromatic nitrogens is 3. The quantitative estimate of drug-likeness (QED) is 0.364. The maximum atomic E-state index is 12.9. The van der Waals surface area contributed by atoms with Crippen LogP contribution in [-0.4, -0.2) is 68.0 Å². The molecule has 6 nitrogen and oxygen atoms in total. The number of nitrogens with zero attached hydrogens (tertiary/aromatic N) is 2. The zero-order chi connectivity index (χ0) is 22.6. The molecule has 3 rings (SSSR count). The van der Waals surface area contributed by atoms with E-state index >= 15 is 0 Å². The van der Waals surface area contributed by atoms with Gasteiger partial charge in [0.25, 0.3) is 0 Å². The Labute approximate surface area is 209 Å². The van der Waals surface area contributed by atoms with Gasteiger partial charge in [0.2, 0.25) is 0 Å². The van der Waals surface area contributed by atoms with Crippen molar-refractivity contribution < 1.29 is 26.9 Å². The number of fused-ring (bicyclic) bond motifs is 1. The Bertz CT molecular complexity index is 1080. The smallest absolute Gasteiger partial charge is 0.416 e. The van der Waals surface area contributed by atoms with Crippen LogP contribution in [0.4, 0.5) is 13.2 Å². The number of imidazole rings is 1. The predicted octanol–water partition coefficient (Wildman–Crippen LogP) is 4.41. The second kappa shape index (κ2) is 11.6. The molecule has 0 aliphatic carbocycles. The van der Waals surface area contributed by atoms with Gasteiger partial charge in [-0.15, -0.1) is 0 Å². The normalized spacial score (nSPS) is 13.6. The van der Waals surface area contributed by atoms with E-state index in [0.717, 1.165) is 24.1 Å². The van der Waals surface area contributed by atoms with Crippen molar-refractivity contribution >= 4 is 51.4 Å². The van der Waals surface area contributed by atoms with Crippen LogP contribution in [0.5, 0.6) is 5.75 Å². The van der Waals surface area contributed by atoms with Crippen LogP contribution in [0, 0.1) is 6.92 Å². The van der Waals surface area contributed by atoms with Gasteiger partial charge in [-0.05, 0) is 44.5 Å². The van der Waals surface area contributed by atoms with E-state index in [4.69, 9.17) is 9.47 Å².